The van der Waals surface area contributed by atoms with E-state index in [1.165, 1.54) is 0 Å². The molecule has 1 aromatic carbocycles. The average molecular weight is 525 g/mol. The van der Waals surface area contributed by atoms with Crippen LogP contribution in [0.15, 0.2) is 54.7 Å². The molecular weight excluding hydrogens is 496 g/mol. The highest BCUT2D eigenvalue weighted by Crippen LogP contribution is 2.26. The number of nitriles is 1. The summed E-state index contributed by atoms with van der Waals surface area (Å²) in [7, 11) is 0. The van der Waals surface area contributed by atoms with Gasteiger partial charge in [0.25, 0.3) is 0 Å². The minimum atomic E-state index is -0.0303. The van der Waals surface area contributed by atoms with Crippen molar-refractivity contribution in [2.24, 2.45) is 0 Å². The maximum atomic E-state index is 9.34. The number of aromatic nitrogens is 6. The molecule has 1 saturated heterocycles. The summed E-state index contributed by atoms with van der Waals surface area (Å²) in [5, 5.41) is 21.4. The number of benzene rings is 1. The molecule has 3 aromatic heterocycles. The minimum Gasteiger partial charge on any atom is -0.379 e. The number of hydrogen-bond donors (Lipinski definition) is 1. The van der Waals surface area contributed by atoms with Crippen LogP contribution in [-0.2, 0) is 26.3 Å². The second kappa shape index (κ2) is 12.2. The normalized spacial score (nSPS) is 14.6. The van der Waals surface area contributed by atoms with Crippen LogP contribution in [0.25, 0.3) is 22.6 Å². The van der Waals surface area contributed by atoms with E-state index in [-0.39, 0.29) is 17.6 Å². The van der Waals surface area contributed by atoms with Gasteiger partial charge in [-0.2, -0.15) is 14.9 Å². The van der Waals surface area contributed by atoms with Crippen LogP contribution in [0.3, 0.4) is 0 Å². The Labute approximate surface area is 225 Å². The van der Waals surface area contributed by atoms with E-state index in [0.29, 0.717) is 48.4 Å². The summed E-state index contributed by atoms with van der Waals surface area (Å²) < 4.78 is 7.26. The lowest BCUT2D eigenvalue weighted by molar-refractivity contribution is -0.191. The summed E-state index contributed by atoms with van der Waals surface area (Å²) in [6.45, 7) is 8.28. The third-order valence-corrected chi connectivity index (χ3v) is 5.98. The predicted octanol–water partition coefficient (Wildman–Crippen LogP) is 3.63. The molecular formula is C28H28N8O3. The average Bonchev–Trinajstić information content (AvgIpc) is 3.61. The SMILES string of the molecule is CC(C)(C)c1cccc(Cn2cc(-c3cc(-c4cccc(C#N)c4)nc(N[C@H]4CCOC4)n3)nn2)n1.O=C=O. The molecule has 198 valence electrons. The minimum absolute atomic E-state index is 0.0303. The lowest BCUT2D eigenvalue weighted by Gasteiger charge is -2.18. The molecule has 39 heavy (non-hydrogen) atoms. The molecule has 0 unspecified atom stereocenters. The molecule has 11 heteroatoms. The molecule has 1 aliphatic heterocycles. The Morgan fingerprint density at radius 2 is 1.82 bits per heavy atom. The Morgan fingerprint density at radius 3 is 2.54 bits per heavy atom. The Hall–Kier alpha value is -4.78. The van der Waals surface area contributed by atoms with E-state index >= 15 is 0 Å². The van der Waals surface area contributed by atoms with Crippen LogP contribution in [0.2, 0.25) is 0 Å². The first-order valence-corrected chi connectivity index (χ1v) is 12.4. The van der Waals surface area contributed by atoms with Crippen molar-refractivity contribution in [2.75, 3.05) is 18.5 Å². The van der Waals surface area contributed by atoms with Crippen LogP contribution < -0.4 is 5.32 Å². The number of ether oxygens (including phenoxy) is 1. The van der Waals surface area contributed by atoms with E-state index in [4.69, 9.17) is 29.3 Å². The molecule has 5 rings (SSSR count). The number of nitrogens with zero attached hydrogens (tertiary/aromatic N) is 7. The quantitative estimate of drug-likeness (QED) is 0.396. The maximum Gasteiger partial charge on any atom is 0.373 e. The van der Waals surface area contributed by atoms with Gasteiger partial charge in [-0.15, -0.1) is 5.10 Å². The molecule has 0 saturated carbocycles. The van der Waals surface area contributed by atoms with Gasteiger partial charge < -0.3 is 10.1 Å². The standard InChI is InChI=1S/C27H28N8O.CO2/c1-27(2,3)25-9-5-8-20(29-25)15-35-16-24(33-34-35)23-13-22(19-7-4-6-18(12-19)14-28)31-26(32-23)30-21-10-11-36-17-21;2-1-3/h4-9,12-13,16,21H,10-11,15,17H2,1-3H3,(H,30,31,32);/t21-;/m0./s1. The van der Waals surface area contributed by atoms with Crippen LogP contribution in [0.4, 0.5) is 5.95 Å². The highest BCUT2D eigenvalue weighted by molar-refractivity contribution is 5.68. The van der Waals surface area contributed by atoms with Gasteiger partial charge in [-0.1, -0.05) is 44.2 Å². The van der Waals surface area contributed by atoms with Crippen LogP contribution >= 0.6 is 0 Å². The van der Waals surface area contributed by atoms with E-state index in [9.17, 15) is 5.26 Å². The Kier molecular flexibility index (Phi) is 8.51. The zero-order valence-corrected chi connectivity index (χ0v) is 22.0. The molecule has 1 N–H and O–H groups in total. The largest absolute Gasteiger partial charge is 0.379 e. The third kappa shape index (κ3) is 7.17. The molecule has 0 spiro atoms. The Bertz CT molecular complexity index is 1510. The molecule has 1 fully saturated rings. The molecule has 4 aromatic rings. The highest BCUT2D eigenvalue weighted by atomic mass is 16.5. The highest BCUT2D eigenvalue weighted by Gasteiger charge is 2.19. The summed E-state index contributed by atoms with van der Waals surface area (Å²) >= 11 is 0. The molecule has 1 atom stereocenters. The number of carbonyl (C=O) groups excluding carboxylic acids is 2. The van der Waals surface area contributed by atoms with Crippen molar-refractivity contribution < 1.29 is 14.3 Å². The van der Waals surface area contributed by atoms with E-state index in [1.54, 1.807) is 10.7 Å². The lowest BCUT2D eigenvalue weighted by Crippen LogP contribution is -2.20. The second-order valence-electron chi connectivity index (χ2n) is 10.0. The van der Waals surface area contributed by atoms with Gasteiger partial charge in [0.2, 0.25) is 5.95 Å². The van der Waals surface area contributed by atoms with E-state index in [2.05, 4.69) is 42.5 Å². The monoisotopic (exact) mass is 524 g/mol. The van der Waals surface area contributed by atoms with Gasteiger partial charge in [0, 0.05) is 23.3 Å². The summed E-state index contributed by atoms with van der Waals surface area (Å²) in [5.74, 6) is 0.495. The second-order valence-corrected chi connectivity index (χ2v) is 10.0. The van der Waals surface area contributed by atoms with Crippen molar-refractivity contribution in [2.45, 2.75) is 45.2 Å². The van der Waals surface area contributed by atoms with Gasteiger partial charge in [0.05, 0.1) is 54.1 Å². The van der Waals surface area contributed by atoms with Crippen LogP contribution in [0, 0.1) is 11.3 Å². The molecule has 0 radical (unpaired) electrons. The van der Waals surface area contributed by atoms with Gasteiger partial charge in [-0.3, -0.25) is 4.98 Å². The molecule has 1 aliphatic rings. The van der Waals surface area contributed by atoms with Gasteiger partial charge in [0.15, 0.2) is 0 Å². The first-order chi connectivity index (χ1) is 18.8. The first-order valence-electron chi connectivity index (χ1n) is 12.4. The molecule has 11 nitrogen and oxygen atoms in total. The summed E-state index contributed by atoms with van der Waals surface area (Å²) in [6, 6.07) is 17.6. The Balaban J connectivity index is 0.00000112. The summed E-state index contributed by atoms with van der Waals surface area (Å²) in [5.41, 5.74) is 5.30. The van der Waals surface area contributed by atoms with E-state index in [1.807, 2.05) is 48.7 Å². The molecule has 4 heterocycles. The number of rotatable bonds is 6. The van der Waals surface area contributed by atoms with Crippen LogP contribution in [0.5, 0.6) is 0 Å². The first kappa shape index (κ1) is 27.3. The molecule has 0 amide bonds. The van der Waals surface area contributed by atoms with Crippen LogP contribution in [0.1, 0.15) is 44.1 Å². The number of nitrogens with one attached hydrogen (secondary N) is 1. The predicted molar refractivity (Wildman–Crippen MR) is 141 cm³/mol. The molecule has 0 aliphatic carbocycles. The summed E-state index contributed by atoms with van der Waals surface area (Å²) in [6.07, 6.45) is 3.01. The van der Waals surface area contributed by atoms with Crippen molar-refractivity contribution in [3.8, 4) is 28.7 Å². The topological polar surface area (TPSA) is 149 Å². The van der Waals surface area contributed by atoms with Crippen molar-refractivity contribution in [1.82, 2.24) is 29.9 Å². The lowest BCUT2D eigenvalue weighted by atomic mass is 9.91. The van der Waals surface area contributed by atoms with E-state index in [0.717, 1.165) is 23.4 Å². The fraction of sp³-hybridized carbons (Fsp3) is 0.321. The van der Waals surface area contributed by atoms with E-state index < -0.39 is 0 Å². The van der Waals surface area contributed by atoms with Gasteiger partial charge in [-0.05, 0) is 36.8 Å². The van der Waals surface area contributed by atoms with Gasteiger partial charge in [-0.25, -0.2) is 14.6 Å². The smallest absolute Gasteiger partial charge is 0.373 e. The van der Waals surface area contributed by atoms with Gasteiger partial charge in [0.1, 0.15) is 5.69 Å². The van der Waals surface area contributed by atoms with Gasteiger partial charge >= 0.3 is 6.15 Å². The molecule has 0 bridgehead atoms. The zero-order chi connectivity index (χ0) is 27.8. The number of hydrogen-bond acceptors (Lipinski definition) is 10. The van der Waals surface area contributed by atoms with Crippen LogP contribution in [-0.4, -0.2) is 55.4 Å². The fourth-order valence-electron chi connectivity index (χ4n) is 4.01. The zero-order valence-electron chi connectivity index (χ0n) is 22.0. The number of anilines is 1. The number of pyridine rings is 1. The van der Waals surface area contributed by atoms with Crippen molar-refractivity contribution >= 4 is 12.1 Å². The van der Waals surface area contributed by atoms with Crippen molar-refractivity contribution in [3.63, 3.8) is 0 Å². The Morgan fingerprint density at radius 1 is 1.05 bits per heavy atom. The fourth-order valence-corrected chi connectivity index (χ4v) is 4.01. The van der Waals surface area contributed by atoms with Crippen molar-refractivity contribution in [1.29, 1.82) is 5.26 Å². The maximum absolute atomic E-state index is 9.34. The summed E-state index contributed by atoms with van der Waals surface area (Å²) in [4.78, 5) is 30.5. The third-order valence-electron chi connectivity index (χ3n) is 5.98. The van der Waals surface area contributed by atoms with Crippen molar-refractivity contribution in [3.05, 3.63) is 71.7 Å².